The second-order valence-corrected chi connectivity index (χ2v) is 5.04. The normalized spacial score (nSPS) is 27.8. The molecular weight excluding hydrogens is 236 g/mol. The highest BCUT2D eigenvalue weighted by Crippen LogP contribution is 2.46. The zero-order valence-electron chi connectivity index (χ0n) is 9.83. The minimum absolute atomic E-state index is 0.188. The third-order valence-corrected chi connectivity index (χ3v) is 2.31. The van der Waals surface area contributed by atoms with Crippen molar-refractivity contribution in [1.29, 1.82) is 0 Å². The molecule has 98 valence electrons. The summed E-state index contributed by atoms with van der Waals surface area (Å²) in [5.74, 6) is -2.42. The second kappa shape index (κ2) is 4.21. The summed E-state index contributed by atoms with van der Waals surface area (Å²) in [5.41, 5.74) is 2.80. The molecule has 1 aliphatic carbocycles. The number of ether oxygens (including phenoxy) is 2. The van der Waals surface area contributed by atoms with Gasteiger partial charge in [0.1, 0.15) is 11.1 Å². The minimum Gasteiger partial charge on any atom is -0.428 e. The number of nitrogens with two attached hydrogens (primary N) is 1. The van der Waals surface area contributed by atoms with E-state index in [9.17, 15) is 18.4 Å². The standard InChI is InChI=1S/C10H15F2NO4/c1-9(2,3)17-8(15)16-7(14)10(13)4-5(10)6(11)12/h5-6H,4,13H2,1-3H3. The smallest absolute Gasteiger partial charge is 0.428 e. The van der Waals surface area contributed by atoms with Gasteiger partial charge in [0.25, 0.3) is 0 Å². The molecule has 17 heavy (non-hydrogen) atoms. The lowest BCUT2D eigenvalue weighted by molar-refractivity contribution is -0.145. The first-order chi connectivity index (χ1) is 7.56. The van der Waals surface area contributed by atoms with Crippen LogP contribution in [-0.4, -0.2) is 29.7 Å². The van der Waals surface area contributed by atoms with Crippen molar-refractivity contribution in [1.82, 2.24) is 0 Å². The average Bonchev–Trinajstić information content (AvgIpc) is 2.75. The molecule has 0 aromatic rings. The minimum atomic E-state index is -2.70. The van der Waals surface area contributed by atoms with E-state index >= 15 is 0 Å². The first kappa shape index (κ1) is 13.8. The van der Waals surface area contributed by atoms with Gasteiger partial charge in [-0.25, -0.2) is 18.4 Å². The summed E-state index contributed by atoms with van der Waals surface area (Å²) in [7, 11) is 0. The summed E-state index contributed by atoms with van der Waals surface area (Å²) in [5, 5.41) is 0. The van der Waals surface area contributed by atoms with Crippen LogP contribution in [0.2, 0.25) is 0 Å². The molecule has 1 saturated carbocycles. The van der Waals surface area contributed by atoms with E-state index in [0.717, 1.165) is 0 Å². The summed E-state index contributed by atoms with van der Waals surface area (Å²) >= 11 is 0. The van der Waals surface area contributed by atoms with Crippen LogP contribution in [0.3, 0.4) is 0 Å². The number of halogens is 2. The predicted molar refractivity (Wildman–Crippen MR) is 53.4 cm³/mol. The number of carbonyl (C=O) groups excluding carboxylic acids is 2. The van der Waals surface area contributed by atoms with Crippen LogP contribution in [-0.2, 0) is 14.3 Å². The monoisotopic (exact) mass is 251 g/mol. The molecule has 0 amide bonds. The molecule has 0 aromatic heterocycles. The van der Waals surface area contributed by atoms with Crippen LogP contribution in [0.5, 0.6) is 0 Å². The van der Waals surface area contributed by atoms with Gasteiger partial charge in [0.05, 0.1) is 5.92 Å². The van der Waals surface area contributed by atoms with Crippen LogP contribution in [0, 0.1) is 5.92 Å². The Morgan fingerprint density at radius 1 is 1.41 bits per heavy atom. The quantitative estimate of drug-likeness (QED) is 0.593. The molecule has 2 atom stereocenters. The van der Waals surface area contributed by atoms with Crippen molar-refractivity contribution < 1.29 is 27.8 Å². The molecular formula is C10H15F2NO4. The summed E-state index contributed by atoms with van der Waals surface area (Å²) < 4.78 is 33.5. The lowest BCUT2D eigenvalue weighted by Crippen LogP contribution is -2.40. The zero-order valence-corrected chi connectivity index (χ0v) is 9.83. The summed E-state index contributed by atoms with van der Waals surface area (Å²) in [6.45, 7) is 4.74. The first-order valence-corrected chi connectivity index (χ1v) is 5.08. The Balaban J connectivity index is 2.49. The van der Waals surface area contributed by atoms with Gasteiger partial charge in [-0.3, -0.25) is 0 Å². The Morgan fingerprint density at radius 3 is 2.29 bits per heavy atom. The Hall–Kier alpha value is -1.24. The average molecular weight is 251 g/mol. The first-order valence-electron chi connectivity index (χ1n) is 5.08. The van der Waals surface area contributed by atoms with Crippen molar-refractivity contribution >= 4 is 12.1 Å². The van der Waals surface area contributed by atoms with Gasteiger partial charge in [0.2, 0.25) is 6.43 Å². The Labute approximate surface area is 97.2 Å². The lowest BCUT2D eigenvalue weighted by atomic mass is 10.2. The van der Waals surface area contributed by atoms with Gasteiger partial charge >= 0.3 is 12.1 Å². The van der Waals surface area contributed by atoms with Crippen molar-refractivity contribution in [2.24, 2.45) is 11.7 Å². The van der Waals surface area contributed by atoms with Gasteiger partial charge in [-0.15, -0.1) is 0 Å². The van der Waals surface area contributed by atoms with Crippen LogP contribution >= 0.6 is 0 Å². The number of hydrogen-bond donors (Lipinski definition) is 1. The summed E-state index contributed by atoms with van der Waals surface area (Å²) in [6.07, 6.45) is -4.12. The molecule has 0 heterocycles. The highest BCUT2D eigenvalue weighted by Gasteiger charge is 2.63. The molecule has 7 heteroatoms. The van der Waals surface area contributed by atoms with Gasteiger partial charge < -0.3 is 15.2 Å². The lowest BCUT2D eigenvalue weighted by Gasteiger charge is -2.19. The SMILES string of the molecule is CC(C)(C)OC(=O)OC(=O)C1(N)CC1C(F)F. The molecule has 1 aliphatic rings. The predicted octanol–water partition coefficient (Wildman–Crippen LogP) is 1.45. The van der Waals surface area contributed by atoms with Gasteiger partial charge in [0.15, 0.2) is 0 Å². The van der Waals surface area contributed by atoms with Crippen LogP contribution in [0.1, 0.15) is 27.2 Å². The maximum Gasteiger partial charge on any atom is 0.516 e. The Morgan fingerprint density at radius 2 is 1.94 bits per heavy atom. The van der Waals surface area contributed by atoms with E-state index in [2.05, 4.69) is 4.74 Å². The third-order valence-electron chi connectivity index (χ3n) is 2.31. The van der Waals surface area contributed by atoms with Crippen molar-refractivity contribution in [2.75, 3.05) is 0 Å². The maximum absolute atomic E-state index is 12.3. The number of alkyl halides is 2. The molecule has 1 rings (SSSR count). The summed E-state index contributed by atoms with van der Waals surface area (Å²) in [4.78, 5) is 22.5. The third kappa shape index (κ3) is 3.36. The van der Waals surface area contributed by atoms with E-state index in [1.165, 1.54) is 0 Å². The van der Waals surface area contributed by atoms with Crippen molar-refractivity contribution in [2.45, 2.75) is 44.8 Å². The van der Waals surface area contributed by atoms with E-state index in [4.69, 9.17) is 10.5 Å². The maximum atomic E-state index is 12.3. The van der Waals surface area contributed by atoms with Gasteiger partial charge in [-0.05, 0) is 27.2 Å². The zero-order chi connectivity index (χ0) is 13.4. The van der Waals surface area contributed by atoms with Crippen molar-refractivity contribution in [3.8, 4) is 0 Å². The molecule has 0 saturated heterocycles. The van der Waals surface area contributed by atoms with Gasteiger partial charge in [-0.1, -0.05) is 0 Å². The number of rotatable bonds is 2. The van der Waals surface area contributed by atoms with Gasteiger partial charge in [0, 0.05) is 0 Å². The number of esters is 1. The number of carbonyl (C=O) groups is 2. The van der Waals surface area contributed by atoms with Crippen LogP contribution in [0.25, 0.3) is 0 Å². The second-order valence-electron chi connectivity index (χ2n) is 5.04. The molecule has 2 N–H and O–H groups in total. The summed E-state index contributed by atoms with van der Waals surface area (Å²) in [6, 6.07) is 0. The highest BCUT2D eigenvalue weighted by molar-refractivity contribution is 5.91. The fraction of sp³-hybridized carbons (Fsp3) is 0.800. The number of hydrogen-bond acceptors (Lipinski definition) is 5. The molecule has 0 bridgehead atoms. The largest absolute Gasteiger partial charge is 0.516 e. The van der Waals surface area contributed by atoms with E-state index in [1.54, 1.807) is 20.8 Å². The van der Waals surface area contributed by atoms with Crippen LogP contribution in [0.15, 0.2) is 0 Å². The van der Waals surface area contributed by atoms with E-state index < -0.39 is 35.6 Å². The molecule has 5 nitrogen and oxygen atoms in total. The Kier molecular flexibility index (Phi) is 3.42. The molecule has 0 aliphatic heterocycles. The fourth-order valence-electron chi connectivity index (χ4n) is 1.30. The molecule has 0 radical (unpaired) electrons. The molecule has 0 aromatic carbocycles. The molecule has 1 fully saturated rings. The fourth-order valence-corrected chi connectivity index (χ4v) is 1.30. The van der Waals surface area contributed by atoms with E-state index in [1.807, 2.05) is 0 Å². The van der Waals surface area contributed by atoms with Crippen molar-refractivity contribution in [3.63, 3.8) is 0 Å². The topological polar surface area (TPSA) is 78.6 Å². The molecule has 0 spiro atoms. The van der Waals surface area contributed by atoms with Crippen LogP contribution in [0.4, 0.5) is 13.6 Å². The van der Waals surface area contributed by atoms with E-state index in [-0.39, 0.29) is 6.42 Å². The van der Waals surface area contributed by atoms with E-state index in [0.29, 0.717) is 0 Å². The van der Waals surface area contributed by atoms with Gasteiger partial charge in [-0.2, -0.15) is 0 Å². The molecule has 2 unspecified atom stereocenters. The Bertz CT molecular complexity index is 340. The highest BCUT2D eigenvalue weighted by atomic mass is 19.3. The van der Waals surface area contributed by atoms with Crippen LogP contribution < -0.4 is 5.73 Å². The van der Waals surface area contributed by atoms with Crippen molar-refractivity contribution in [3.05, 3.63) is 0 Å².